The Morgan fingerprint density at radius 2 is 1.85 bits per heavy atom. The SMILES string of the molecule is Cc1ncsc1-c1ccc(Cc2cnc([C@@H]3C[C@@H](O)CN3C(=O)[C@@H](NC(=O)OC(C)(C)C)C(C)(C)C)s2)cc1. The lowest BCUT2D eigenvalue weighted by atomic mass is 9.85. The largest absolute Gasteiger partial charge is 0.444 e. The Labute approximate surface area is 238 Å². The molecule has 0 bridgehead atoms. The lowest BCUT2D eigenvalue weighted by molar-refractivity contribution is -0.137. The molecular formula is C29H38N4O4S2. The molecule has 39 heavy (non-hydrogen) atoms. The molecule has 0 unspecified atom stereocenters. The van der Waals surface area contributed by atoms with Gasteiger partial charge in [0.15, 0.2) is 0 Å². The van der Waals surface area contributed by atoms with Crippen LogP contribution in [0.1, 0.15) is 75.1 Å². The second kappa shape index (κ2) is 11.3. The summed E-state index contributed by atoms with van der Waals surface area (Å²) >= 11 is 3.20. The molecule has 0 aliphatic carbocycles. The van der Waals surface area contributed by atoms with Crippen LogP contribution in [0.15, 0.2) is 36.0 Å². The average molecular weight is 571 g/mol. The van der Waals surface area contributed by atoms with Gasteiger partial charge in [-0.05, 0) is 44.2 Å². The van der Waals surface area contributed by atoms with E-state index in [1.165, 1.54) is 10.4 Å². The number of likely N-dealkylation sites (tertiary alicyclic amines) is 1. The van der Waals surface area contributed by atoms with E-state index in [1.807, 2.05) is 39.4 Å². The number of carbonyl (C=O) groups excluding carboxylic acids is 2. The van der Waals surface area contributed by atoms with E-state index in [1.54, 1.807) is 48.3 Å². The van der Waals surface area contributed by atoms with Crippen LogP contribution in [0.3, 0.4) is 0 Å². The van der Waals surface area contributed by atoms with Crippen molar-refractivity contribution in [2.75, 3.05) is 6.54 Å². The van der Waals surface area contributed by atoms with Crippen LogP contribution in [0, 0.1) is 12.3 Å². The van der Waals surface area contributed by atoms with Crippen molar-refractivity contribution in [1.82, 2.24) is 20.2 Å². The number of aromatic nitrogens is 2. The van der Waals surface area contributed by atoms with Gasteiger partial charge in [0.05, 0.1) is 28.2 Å². The number of nitrogens with one attached hydrogen (secondary N) is 1. The van der Waals surface area contributed by atoms with Gasteiger partial charge in [0, 0.05) is 30.5 Å². The number of hydrogen-bond donors (Lipinski definition) is 2. The lowest BCUT2D eigenvalue weighted by Crippen LogP contribution is -2.55. The zero-order chi connectivity index (χ0) is 28.5. The van der Waals surface area contributed by atoms with Gasteiger partial charge >= 0.3 is 6.09 Å². The smallest absolute Gasteiger partial charge is 0.408 e. The first kappa shape index (κ1) is 29.2. The second-order valence-electron chi connectivity index (χ2n) is 12.1. The summed E-state index contributed by atoms with van der Waals surface area (Å²) < 4.78 is 5.42. The number of thiazole rings is 2. The molecule has 2 amide bonds. The predicted octanol–water partition coefficient (Wildman–Crippen LogP) is 5.74. The molecular weight excluding hydrogens is 532 g/mol. The zero-order valence-corrected chi connectivity index (χ0v) is 25.3. The second-order valence-corrected chi connectivity index (χ2v) is 14.1. The van der Waals surface area contributed by atoms with Crippen molar-refractivity contribution in [3.8, 4) is 10.4 Å². The summed E-state index contributed by atoms with van der Waals surface area (Å²) in [7, 11) is 0. The summed E-state index contributed by atoms with van der Waals surface area (Å²) in [4.78, 5) is 39.3. The van der Waals surface area contributed by atoms with Gasteiger partial charge in [-0.25, -0.2) is 14.8 Å². The molecule has 2 N–H and O–H groups in total. The van der Waals surface area contributed by atoms with Gasteiger partial charge in [0.2, 0.25) is 5.91 Å². The Hall–Kier alpha value is -2.82. The highest BCUT2D eigenvalue weighted by molar-refractivity contribution is 7.13. The Balaban J connectivity index is 1.49. The maximum atomic E-state index is 13.8. The fourth-order valence-corrected chi connectivity index (χ4v) is 6.53. The first-order chi connectivity index (χ1) is 18.2. The first-order valence-electron chi connectivity index (χ1n) is 13.1. The molecule has 8 nitrogen and oxygen atoms in total. The molecule has 1 aliphatic heterocycles. The van der Waals surface area contributed by atoms with Crippen molar-refractivity contribution in [3.05, 3.63) is 57.1 Å². The minimum absolute atomic E-state index is 0.194. The molecule has 10 heteroatoms. The number of ether oxygens (including phenoxy) is 1. The molecule has 3 heterocycles. The monoisotopic (exact) mass is 570 g/mol. The van der Waals surface area contributed by atoms with Gasteiger partial charge in [0.25, 0.3) is 0 Å². The number of alkyl carbamates (subject to hydrolysis) is 1. The molecule has 2 aromatic heterocycles. The van der Waals surface area contributed by atoms with E-state index in [0.29, 0.717) is 6.42 Å². The number of amides is 2. The molecule has 1 aromatic carbocycles. The van der Waals surface area contributed by atoms with Gasteiger partial charge in [-0.2, -0.15) is 0 Å². The van der Waals surface area contributed by atoms with Crippen LogP contribution in [0.25, 0.3) is 10.4 Å². The molecule has 3 atom stereocenters. The minimum atomic E-state index is -0.819. The summed E-state index contributed by atoms with van der Waals surface area (Å²) in [6.07, 6.45) is 1.70. The molecule has 0 spiro atoms. The van der Waals surface area contributed by atoms with Gasteiger partial charge in [-0.15, -0.1) is 22.7 Å². The number of aryl methyl sites for hydroxylation is 1. The highest BCUT2D eigenvalue weighted by atomic mass is 32.1. The Morgan fingerprint density at radius 3 is 2.44 bits per heavy atom. The number of β-amino-alcohol motifs (C(OH)–C–C–N with tert-alkyl or cyclic N) is 1. The van der Waals surface area contributed by atoms with Crippen molar-refractivity contribution >= 4 is 34.7 Å². The number of benzene rings is 1. The van der Waals surface area contributed by atoms with Gasteiger partial charge < -0.3 is 20.1 Å². The maximum Gasteiger partial charge on any atom is 0.408 e. The topological polar surface area (TPSA) is 105 Å². The summed E-state index contributed by atoms with van der Waals surface area (Å²) in [5.41, 5.74) is 3.98. The molecule has 4 rings (SSSR count). The van der Waals surface area contributed by atoms with Crippen molar-refractivity contribution in [1.29, 1.82) is 0 Å². The minimum Gasteiger partial charge on any atom is -0.444 e. The summed E-state index contributed by atoms with van der Waals surface area (Å²) in [5.74, 6) is -0.249. The number of aliphatic hydroxyl groups excluding tert-OH is 1. The third-order valence-electron chi connectivity index (χ3n) is 6.53. The zero-order valence-electron chi connectivity index (χ0n) is 23.6. The highest BCUT2D eigenvalue weighted by Crippen LogP contribution is 2.37. The van der Waals surface area contributed by atoms with Crippen LogP contribution in [-0.4, -0.2) is 56.3 Å². The quantitative estimate of drug-likeness (QED) is 0.392. The van der Waals surface area contributed by atoms with Crippen LogP contribution in [0.4, 0.5) is 4.79 Å². The summed E-state index contributed by atoms with van der Waals surface area (Å²) in [6.45, 7) is 13.3. The van der Waals surface area contributed by atoms with Crippen molar-refractivity contribution < 1.29 is 19.4 Å². The van der Waals surface area contributed by atoms with E-state index >= 15 is 0 Å². The first-order valence-corrected chi connectivity index (χ1v) is 14.8. The normalized spacial score (nSPS) is 18.7. The van der Waals surface area contributed by atoms with Crippen LogP contribution < -0.4 is 5.32 Å². The average Bonchev–Trinajstić information content (AvgIpc) is 3.55. The lowest BCUT2D eigenvalue weighted by Gasteiger charge is -2.35. The van der Waals surface area contributed by atoms with Crippen molar-refractivity contribution in [2.45, 2.75) is 85.1 Å². The van der Waals surface area contributed by atoms with E-state index in [2.05, 4.69) is 39.6 Å². The predicted molar refractivity (Wildman–Crippen MR) is 155 cm³/mol. The number of rotatable bonds is 6. The number of carbonyl (C=O) groups is 2. The molecule has 1 fully saturated rings. The summed E-state index contributed by atoms with van der Waals surface area (Å²) in [6, 6.07) is 7.32. The molecule has 0 saturated carbocycles. The molecule has 3 aromatic rings. The Morgan fingerprint density at radius 1 is 1.15 bits per heavy atom. The standard InChI is InChI=1S/C29H38N4O4S2/c1-17-23(38-16-31-17)19-10-8-18(9-11-19)12-21-14-30-25(39-21)22-13-20(34)15-33(22)26(35)24(28(2,3)4)32-27(36)37-29(5,6)7/h8-11,14,16,20,22,24,34H,12-13,15H2,1-7H3,(H,32,36)/t20-,22+,24-/m1/s1. The third kappa shape index (κ3) is 7.23. The Kier molecular flexibility index (Phi) is 8.49. The van der Waals surface area contributed by atoms with Crippen LogP contribution in [-0.2, 0) is 16.0 Å². The van der Waals surface area contributed by atoms with E-state index in [0.717, 1.165) is 27.6 Å². The summed E-state index contributed by atoms with van der Waals surface area (Å²) in [5, 5.41) is 14.1. The van der Waals surface area contributed by atoms with Gasteiger partial charge in [-0.3, -0.25) is 4.79 Å². The number of nitrogens with zero attached hydrogens (tertiary/aromatic N) is 3. The van der Waals surface area contributed by atoms with E-state index in [4.69, 9.17) is 4.74 Å². The molecule has 1 saturated heterocycles. The fraction of sp³-hybridized carbons (Fsp3) is 0.517. The molecule has 0 radical (unpaired) electrons. The van der Waals surface area contributed by atoms with Crippen LogP contribution in [0.5, 0.6) is 0 Å². The van der Waals surface area contributed by atoms with Crippen LogP contribution in [0.2, 0.25) is 0 Å². The fourth-order valence-electron chi connectivity index (χ4n) is 4.64. The molecule has 1 aliphatic rings. The Bertz CT molecular complexity index is 1300. The van der Waals surface area contributed by atoms with Crippen molar-refractivity contribution in [3.63, 3.8) is 0 Å². The van der Waals surface area contributed by atoms with Crippen LogP contribution >= 0.6 is 22.7 Å². The van der Waals surface area contributed by atoms with Gasteiger partial charge in [-0.1, -0.05) is 45.0 Å². The maximum absolute atomic E-state index is 13.8. The van der Waals surface area contributed by atoms with E-state index < -0.39 is 29.3 Å². The van der Waals surface area contributed by atoms with E-state index in [9.17, 15) is 14.7 Å². The van der Waals surface area contributed by atoms with Crippen molar-refractivity contribution in [2.24, 2.45) is 5.41 Å². The highest BCUT2D eigenvalue weighted by Gasteiger charge is 2.43. The number of hydrogen-bond acceptors (Lipinski definition) is 8. The number of aliphatic hydroxyl groups is 1. The van der Waals surface area contributed by atoms with E-state index in [-0.39, 0.29) is 18.5 Å². The molecule has 210 valence electrons. The van der Waals surface area contributed by atoms with Gasteiger partial charge in [0.1, 0.15) is 16.7 Å². The third-order valence-corrected chi connectivity index (χ3v) is 8.61.